The van der Waals surface area contributed by atoms with E-state index in [0.717, 1.165) is 50.9 Å². The Kier molecular flexibility index (Phi) is 9.95. The molecule has 5 aliphatic rings. The lowest BCUT2D eigenvalue weighted by Gasteiger charge is -2.33. The van der Waals surface area contributed by atoms with Gasteiger partial charge in [0.25, 0.3) is 0 Å². The normalized spacial score (nSPS) is 23.8. The Bertz CT molecular complexity index is 1690. The number of nitrogens with zero attached hydrogens (tertiary/aromatic N) is 6. The van der Waals surface area contributed by atoms with Gasteiger partial charge in [-0.25, -0.2) is 23.5 Å². The molecule has 1 amide bonds. The van der Waals surface area contributed by atoms with E-state index < -0.39 is 23.9 Å². The first kappa shape index (κ1) is 34.6. The third kappa shape index (κ3) is 7.15. The number of benzene rings is 1. The number of hydrogen-bond donors (Lipinski definition) is 1. The van der Waals surface area contributed by atoms with Gasteiger partial charge in [-0.05, 0) is 71.4 Å². The third-order valence-corrected chi connectivity index (χ3v) is 9.93. The number of ether oxygens (including phenoxy) is 4. The first-order valence-corrected chi connectivity index (χ1v) is 17.8. The Labute approximate surface area is 291 Å². The topological polar surface area (TPSA) is 114 Å². The molecule has 0 spiro atoms. The van der Waals surface area contributed by atoms with Gasteiger partial charge in [0, 0.05) is 44.0 Å². The summed E-state index contributed by atoms with van der Waals surface area (Å²) in [5.74, 6) is -0.0236. The maximum Gasteiger partial charge on any atom is 0.410 e. The molecule has 7 heterocycles. The highest BCUT2D eigenvalue weighted by atomic mass is 19.1. The average molecular weight is 696 g/mol. The molecule has 2 aromatic heterocycles. The molecule has 14 heteroatoms. The first-order chi connectivity index (χ1) is 24.1. The summed E-state index contributed by atoms with van der Waals surface area (Å²) in [6, 6.07) is 6.11. The SMILES string of the molecule is COc1ncc2c(N3CCC3)nc(Nc3c(C4OCCO4)cccc3C3CCCN3C(=O)OC(C)(C)C)c(F)c2n1.FC1CC2CCCN2C1. The van der Waals surface area contributed by atoms with Gasteiger partial charge in [0.05, 0.1) is 37.4 Å². The average Bonchev–Trinajstić information content (AvgIpc) is 3.88. The Hall–Kier alpha value is -3.88. The molecular weight excluding hydrogens is 648 g/mol. The standard InChI is InChI=1S/C29H35FN6O5.C7H12FN/c1-29(2,3)41-28(37)36-13-6-10-20(36)17-8-5-9-18(26-39-14-15-40-26)22(17)32-24-21(30)23-19(16-31-27(33-23)38-4)25(34-24)35-11-7-12-35;8-6-4-7-2-1-3-9(7)5-6/h5,8-9,16,20,26H,6-7,10-15H2,1-4H3,(H,32,34);6-7H,1-5H2. The van der Waals surface area contributed by atoms with Crippen molar-refractivity contribution >= 4 is 34.3 Å². The van der Waals surface area contributed by atoms with Gasteiger partial charge in [0.1, 0.15) is 23.1 Å². The van der Waals surface area contributed by atoms with Crippen molar-refractivity contribution in [2.75, 3.05) is 63.3 Å². The number of amides is 1. The van der Waals surface area contributed by atoms with Crippen molar-refractivity contribution in [3.63, 3.8) is 0 Å². The summed E-state index contributed by atoms with van der Waals surface area (Å²) in [6.45, 7) is 10.5. The van der Waals surface area contributed by atoms with Crippen LogP contribution in [0.15, 0.2) is 24.4 Å². The lowest BCUT2D eigenvalue weighted by molar-refractivity contribution is -0.0436. The number of pyridine rings is 1. The van der Waals surface area contributed by atoms with Crippen LogP contribution in [0.2, 0.25) is 0 Å². The molecular formula is C36H47F2N7O5. The van der Waals surface area contributed by atoms with Crippen LogP contribution in [0.1, 0.15) is 82.8 Å². The zero-order valence-electron chi connectivity index (χ0n) is 29.3. The number of halogens is 2. The Morgan fingerprint density at radius 1 is 1.02 bits per heavy atom. The van der Waals surface area contributed by atoms with Crippen molar-refractivity contribution in [3.8, 4) is 6.01 Å². The van der Waals surface area contributed by atoms with E-state index in [1.54, 1.807) is 11.1 Å². The molecule has 3 unspecified atom stereocenters. The second-order valence-electron chi connectivity index (χ2n) is 14.5. The zero-order valence-corrected chi connectivity index (χ0v) is 29.3. The van der Waals surface area contributed by atoms with Crippen LogP contribution in [0.3, 0.4) is 0 Å². The summed E-state index contributed by atoms with van der Waals surface area (Å²) in [7, 11) is 1.44. The van der Waals surface area contributed by atoms with Gasteiger partial charge in [-0.15, -0.1) is 0 Å². The summed E-state index contributed by atoms with van der Waals surface area (Å²) in [5.41, 5.74) is 1.56. The van der Waals surface area contributed by atoms with Crippen molar-refractivity contribution in [2.24, 2.45) is 0 Å². The van der Waals surface area contributed by atoms with Gasteiger partial charge in [-0.3, -0.25) is 4.90 Å². The molecule has 5 fully saturated rings. The molecule has 0 radical (unpaired) electrons. The molecule has 1 aromatic carbocycles. The highest BCUT2D eigenvalue weighted by molar-refractivity contribution is 5.93. The minimum atomic E-state index is -0.644. The first-order valence-electron chi connectivity index (χ1n) is 17.8. The number of nitrogens with one attached hydrogen (secondary N) is 1. The fourth-order valence-electron chi connectivity index (χ4n) is 7.49. The lowest BCUT2D eigenvalue weighted by atomic mass is 9.98. The van der Waals surface area contributed by atoms with Gasteiger partial charge in [-0.2, -0.15) is 4.98 Å². The summed E-state index contributed by atoms with van der Waals surface area (Å²) in [5, 5.41) is 3.80. The number of fused-ring (bicyclic) bond motifs is 2. The minimum Gasteiger partial charge on any atom is -0.467 e. The fourth-order valence-corrected chi connectivity index (χ4v) is 7.49. The predicted octanol–water partition coefficient (Wildman–Crippen LogP) is 6.44. The van der Waals surface area contributed by atoms with E-state index in [2.05, 4.69) is 25.1 Å². The molecule has 12 nitrogen and oxygen atoms in total. The van der Waals surface area contributed by atoms with Crippen LogP contribution in [-0.4, -0.2) is 102 Å². The largest absolute Gasteiger partial charge is 0.467 e. The Balaban J connectivity index is 0.000000375. The quantitative estimate of drug-likeness (QED) is 0.308. The molecule has 0 aliphatic carbocycles. The van der Waals surface area contributed by atoms with Gasteiger partial charge in [0.15, 0.2) is 17.9 Å². The van der Waals surface area contributed by atoms with Crippen LogP contribution in [-0.2, 0) is 14.2 Å². The van der Waals surface area contributed by atoms with Crippen molar-refractivity contribution in [2.45, 2.75) is 89.4 Å². The van der Waals surface area contributed by atoms with Crippen molar-refractivity contribution in [1.82, 2.24) is 24.8 Å². The van der Waals surface area contributed by atoms with Crippen LogP contribution >= 0.6 is 0 Å². The number of hydrogen-bond acceptors (Lipinski definition) is 11. The molecule has 270 valence electrons. The van der Waals surface area contributed by atoms with E-state index in [1.165, 1.54) is 20.0 Å². The number of rotatable bonds is 6. The van der Waals surface area contributed by atoms with Gasteiger partial charge in [0.2, 0.25) is 0 Å². The molecule has 0 saturated carbocycles. The summed E-state index contributed by atoms with van der Waals surface area (Å²) >= 11 is 0. The molecule has 50 heavy (non-hydrogen) atoms. The number of para-hydroxylation sites is 1. The van der Waals surface area contributed by atoms with E-state index >= 15 is 4.39 Å². The molecule has 0 bridgehead atoms. The number of anilines is 3. The van der Waals surface area contributed by atoms with E-state index in [9.17, 15) is 9.18 Å². The van der Waals surface area contributed by atoms with Crippen LogP contribution in [0.25, 0.3) is 10.9 Å². The molecule has 5 aliphatic heterocycles. The highest BCUT2D eigenvalue weighted by Gasteiger charge is 2.37. The lowest BCUT2D eigenvalue weighted by Crippen LogP contribution is -2.38. The monoisotopic (exact) mass is 695 g/mol. The summed E-state index contributed by atoms with van der Waals surface area (Å²) in [6.07, 6.45) is 5.88. The van der Waals surface area contributed by atoms with Crippen LogP contribution in [0, 0.1) is 5.82 Å². The second kappa shape index (κ2) is 14.4. The van der Waals surface area contributed by atoms with Crippen LogP contribution in [0.5, 0.6) is 6.01 Å². The number of aromatic nitrogens is 3. The van der Waals surface area contributed by atoms with Gasteiger partial charge < -0.3 is 34.1 Å². The summed E-state index contributed by atoms with van der Waals surface area (Å²) < 4.78 is 51.5. The maximum absolute atomic E-state index is 16.2. The van der Waals surface area contributed by atoms with Crippen LogP contribution in [0.4, 0.5) is 30.9 Å². The van der Waals surface area contributed by atoms with Crippen molar-refractivity contribution in [3.05, 3.63) is 41.3 Å². The molecule has 1 N–H and O–H groups in total. The van der Waals surface area contributed by atoms with Crippen molar-refractivity contribution in [1.29, 1.82) is 0 Å². The third-order valence-electron chi connectivity index (χ3n) is 9.93. The van der Waals surface area contributed by atoms with Gasteiger partial charge >= 0.3 is 12.1 Å². The van der Waals surface area contributed by atoms with E-state index in [4.69, 9.17) is 23.9 Å². The second-order valence-corrected chi connectivity index (χ2v) is 14.5. The predicted molar refractivity (Wildman–Crippen MR) is 184 cm³/mol. The van der Waals surface area contributed by atoms with E-state index in [1.807, 2.05) is 39.0 Å². The maximum atomic E-state index is 16.2. The minimum absolute atomic E-state index is 0.00802. The smallest absolute Gasteiger partial charge is 0.410 e. The number of carbonyl (C=O) groups excluding carboxylic acids is 1. The van der Waals surface area contributed by atoms with Crippen LogP contribution < -0.4 is 15.0 Å². The summed E-state index contributed by atoms with van der Waals surface area (Å²) in [4.78, 5) is 32.6. The Morgan fingerprint density at radius 3 is 2.48 bits per heavy atom. The Morgan fingerprint density at radius 2 is 1.78 bits per heavy atom. The molecule has 8 rings (SSSR count). The van der Waals surface area contributed by atoms with E-state index in [0.29, 0.717) is 54.8 Å². The number of likely N-dealkylation sites (tertiary alicyclic amines) is 1. The molecule has 5 saturated heterocycles. The number of alkyl halides is 1. The molecule has 3 atom stereocenters. The highest BCUT2D eigenvalue weighted by Crippen LogP contribution is 2.43. The van der Waals surface area contributed by atoms with Crippen molar-refractivity contribution < 1.29 is 32.5 Å². The zero-order chi connectivity index (χ0) is 35.0. The fraction of sp³-hybridized carbons (Fsp3) is 0.611. The molecule has 3 aromatic rings. The number of methoxy groups -OCH3 is 1. The van der Waals surface area contributed by atoms with E-state index in [-0.39, 0.29) is 29.5 Å². The number of carbonyl (C=O) groups is 1. The van der Waals surface area contributed by atoms with Gasteiger partial charge in [-0.1, -0.05) is 18.2 Å².